The lowest BCUT2D eigenvalue weighted by Gasteiger charge is -2.34. The van der Waals surface area contributed by atoms with Crippen LogP contribution >= 0.6 is 0 Å². The van der Waals surface area contributed by atoms with E-state index in [1.54, 1.807) is 31.5 Å². The van der Waals surface area contributed by atoms with E-state index in [2.05, 4.69) is 24.8 Å². The van der Waals surface area contributed by atoms with Crippen molar-refractivity contribution in [3.05, 3.63) is 54.2 Å². The summed E-state index contributed by atoms with van der Waals surface area (Å²) in [6, 6.07) is 6.98. The molecule has 0 bridgehead atoms. The minimum absolute atomic E-state index is 0.273. The second-order valence-electron chi connectivity index (χ2n) is 7.69. The highest BCUT2D eigenvalue weighted by atomic mass is 19.1. The molecule has 0 unspecified atom stereocenters. The fourth-order valence-electron chi connectivity index (χ4n) is 3.72. The fourth-order valence-corrected chi connectivity index (χ4v) is 3.72. The second-order valence-corrected chi connectivity index (χ2v) is 7.69. The van der Waals surface area contributed by atoms with Crippen LogP contribution in [0.2, 0.25) is 0 Å². The summed E-state index contributed by atoms with van der Waals surface area (Å²) in [6.45, 7) is 3.61. The Bertz CT molecular complexity index is 974. The van der Waals surface area contributed by atoms with E-state index in [-0.39, 0.29) is 11.9 Å². The van der Waals surface area contributed by atoms with Gasteiger partial charge in [0.05, 0.1) is 5.60 Å². The van der Waals surface area contributed by atoms with Crippen molar-refractivity contribution in [1.82, 2.24) is 19.5 Å². The summed E-state index contributed by atoms with van der Waals surface area (Å²) in [7, 11) is 0. The molecule has 0 aliphatic heterocycles. The first-order valence-electron chi connectivity index (χ1n) is 9.54. The minimum atomic E-state index is -0.577. The number of halogens is 1. The molecule has 0 radical (unpaired) electrons. The lowest BCUT2D eigenvalue weighted by Crippen LogP contribution is -2.31. The van der Waals surface area contributed by atoms with Gasteiger partial charge in [0.15, 0.2) is 5.82 Å². The predicted octanol–water partition coefficient (Wildman–Crippen LogP) is 4.40. The Balaban J connectivity index is 1.59. The molecule has 1 aromatic carbocycles. The van der Waals surface area contributed by atoms with E-state index in [4.69, 9.17) is 0 Å². The molecule has 4 rings (SSSR count). The molecule has 1 aliphatic carbocycles. The van der Waals surface area contributed by atoms with Crippen molar-refractivity contribution in [2.24, 2.45) is 0 Å². The number of benzene rings is 1. The predicted molar refractivity (Wildman–Crippen MR) is 106 cm³/mol. The minimum Gasteiger partial charge on any atom is -0.390 e. The van der Waals surface area contributed by atoms with Crippen molar-refractivity contribution in [3.63, 3.8) is 0 Å². The van der Waals surface area contributed by atoms with E-state index in [1.807, 2.05) is 19.2 Å². The standard InChI is InChI=1S/C21H24FN5O/c1-14-16(22)4-3-5-17(14)25-20-24-11-8-18(26-20)19-23-12-13-27(19)15-6-9-21(2,28)10-7-15/h3-5,8,11-13,15,28H,6-7,9-10H2,1-2H3,(H,24,25,26). The van der Waals surface area contributed by atoms with Gasteiger partial charge in [-0.15, -0.1) is 0 Å². The first kappa shape index (κ1) is 18.6. The van der Waals surface area contributed by atoms with Gasteiger partial charge in [0.1, 0.15) is 11.5 Å². The van der Waals surface area contributed by atoms with E-state index in [0.29, 0.717) is 22.9 Å². The van der Waals surface area contributed by atoms with Crippen LogP contribution in [0.5, 0.6) is 0 Å². The molecule has 0 atom stereocenters. The molecule has 1 aliphatic rings. The van der Waals surface area contributed by atoms with Gasteiger partial charge in [-0.1, -0.05) is 6.07 Å². The van der Waals surface area contributed by atoms with Gasteiger partial charge in [-0.05, 0) is 57.7 Å². The topological polar surface area (TPSA) is 75.9 Å². The quantitative estimate of drug-likeness (QED) is 0.701. The summed E-state index contributed by atoms with van der Waals surface area (Å²) in [5, 5.41) is 13.3. The van der Waals surface area contributed by atoms with E-state index >= 15 is 0 Å². The van der Waals surface area contributed by atoms with Crippen LogP contribution in [0.1, 0.15) is 44.2 Å². The van der Waals surface area contributed by atoms with Crippen molar-refractivity contribution >= 4 is 11.6 Å². The summed E-state index contributed by atoms with van der Waals surface area (Å²) in [5.41, 5.74) is 1.28. The Morgan fingerprint density at radius 2 is 1.96 bits per heavy atom. The van der Waals surface area contributed by atoms with Crippen molar-refractivity contribution in [1.29, 1.82) is 0 Å². The fraction of sp³-hybridized carbons (Fsp3) is 0.381. The number of anilines is 2. The number of hydrogen-bond donors (Lipinski definition) is 2. The van der Waals surface area contributed by atoms with Crippen LogP contribution in [0.25, 0.3) is 11.5 Å². The highest BCUT2D eigenvalue weighted by molar-refractivity contribution is 5.60. The average molecular weight is 381 g/mol. The van der Waals surface area contributed by atoms with Gasteiger partial charge in [-0.25, -0.2) is 19.3 Å². The molecule has 1 fully saturated rings. The number of hydrogen-bond acceptors (Lipinski definition) is 5. The average Bonchev–Trinajstić information content (AvgIpc) is 3.15. The zero-order valence-corrected chi connectivity index (χ0v) is 16.1. The molecular formula is C21H24FN5O. The number of nitrogens with zero attached hydrogens (tertiary/aromatic N) is 4. The van der Waals surface area contributed by atoms with Crippen LogP contribution < -0.4 is 5.32 Å². The van der Waals surface area contributed by atoms with Crippen LogP contribution in [0.3, 0.4) is 0 Å². The number of nitrogens with one attached hydrogen (secondary N) is 1. The third-order valence-corrected chi connectivity index (χ3v) is 5.49. The van der Waals surface area contributed by atoms with Gasteiger partial charge in [-0.3, -0.25) is 0 Å². The van der Waals surface area contributed by atoms with Crippen molar-refractivity contribution in [2.75, 3.05) is 5.32 Å². The lowest BCUT2D eigenvalue weighted by molar-refractivity contribution is 0.0101. The maximum atomic E-state index is 13.8. The van der Waals surface area contributed by atoms with Crippen LogP contribution in [-0.4, -0.2) is 30.2 Å². The second kappa shape index (κ2) is 7.31. The van der Waals surface area contributed by atoms with E-state index in [0.717, 1.165) is 31.5 Å². The van der Waals surface area contributed by atoms with Gasteiger partial charge < -0.3 is 15.0 Å². The first-order valence-corrected chi connectivity index (χ1v) is 9.54. The highest BCUT2D eigenvalue weighted by Gasteiger charge is 2.30. The Morgan fingerprint density at radius 3 is 2.75 bits per heavy atom. The van der Waals surface area contributed by atoms with Gasteiger partial charge in [0, 0.05) is 35.9 Å². The van der Waals surface area contributed by atoms with Crippen LogP contribution in [-0.2, 0) is 0 Å². The summed E-state index contributed by atoms with van der Waals surface area (Å²) < 4.78 is 15.9. The zero-order valence-electron chi connectivity index (χ0n) is 16.1. The Labute approximate surface area is 163 Å². The molecule has 0 saturated heterocycles. The summed E-state index contributed by atoms with van der Waals surface area (Å²) in [5.74, 6) is 0.894. The summed E-state index contributed by atoms with van der Waals surface area (Å²) in [6.07, 6.45) is 8.74. The van der Waals surface area contributed by atoms with Gasteiger partial charge in [0.25, 0.3) is 0 Å². The number of rotatable bonds is 4. The molecule has 0 amide bonds. The molecule has 6 nitrogen and oxygen atoms in total. The monoisotopic (exact) mass is 381 g/mol. The molecule has 2 aromatic heterocycles. The van der Waals surface area contributed by atoms with E-state index < -0.39 is 5.60 Å². The van der Waals surface area contributed by atoms with E-state index in [1.165, 1.54) is 6.07 Å². The number of aliphatic hydroxyl groups is 1. The SMILES string of the molecule is Cc1c(F)cccc1Nc1nccc(-c2nccn2C2CCC(C)(O)CC2)n1. The van der Waals surface area contributed by atoms with Gasteiger partial charge in [0.2, 0.25) is 5.95 Å². The van der Waals surface area contributed by atoms with Crippen molar-refractivity contribution in [3.8, 4) is 11.5 Å². The Morgan fingerprint density at radius 1 is 1.18 bits per heavy atom. The van der Waals surface area contributed by atoms with Crippen molar-refractivity contribution < 1.29 is 9.50 Å². The number of aromatic nitrogens is 4. The number of imidazole rings is 1. The third-order valence-electron chi connectivity index (χ3n) is 5.49. The summed E-state index contributed by atoms with van der Waals surface area (Å²) >= 11 is 0. The van der Waals surface area contributed by atoms with Crippen LogP contribution in [0.4, 0.5) is 16.0 Å². The Hall–Kier alpha value is -2.80. The van der Waals surface area contributed by atoms with Crippen molar-refractivity contribution in [2.45, 2.75) is 51.2 Å². The molecule has 2 N–H and O–H groups in total. The molecule has 146 valence electrons. The molecule has 3 aromatic rings. The van der Waals surface area contributed by atoms with Crippen LogP contribution in [0.15, 0.2) is 42.9 Å². The molecular weight excluding hydrogens is 357 g/mol. The lowest BCUT2D eigenvalue weighted by atomic mass is 9.83. The molecule has 28 heavy (non-hydrogen) atoms. The zero-order chi connectivity index (χ0) is 19.7. The maximum absolute atomic E-state index is 13.8. The molecule has 2 heterocycles. The molecule has 7 heteroatoms. The molecule has 1 saturated carbocycles. The molecule has 0 spiro atoms. The maximum Gasteiger partial charge on any atom is 0.227 e. The third kappa shape index (κ3) is 3.75. The highest BCUT2D eigenvalue weighted by Crippen LogP contribution is 2.36. The largest absolute Gasteiger partial charge is 0.390 e. The Kier molecular flexibility index (Phi) is 4.85. The van der Waals surface area contributed by atoms with Gasteiger partial charge in [-0.2, -0.15) is 0 Å². The first-order chi connectivity index (χ1) is 13.4. The van der Waals surface area contributed by atoms with E-state index in [9.17, 15) is 9.50 Å². The normalized spacial score (nSPS) is 22.2. The van der Waals surface area contributed by atoms with Crippen LogP contribution in [0, 0.1) is 12.7 Å². The smallest absolute Gasteiger partial charge is 0.227 e. The van der Waals surface area contributed by atoms with Gasteiger partial charge >= 0.3 is 0 Å². The summed E-state index contributed by atoms with van der Waals surface area (Å²) in [4.78, 5) is 13.3.